The number of halogens is 1. The Morgan fingerprint density at radius 2 is 2.00 bits per heavy atom. The quantitative estimate of drug-likeness (QED) is 0.906. The van der Waals surface area contributed by atoms with Gasteiger partial charge in [-0.05, 0) is 57.4 Å². The van der Waals surface area contributed by atoms with Crippen LogP contribution in [0.4, 0.5) is 0 Å². The zero-order valence-corrected chi connectivity index (χ0v) is 13.9. The number of amides is 1. The van der Waals surface area contributed by atoms with E-state index in [4.69, 9.17) is 11.6 Å². The molecule has 0 spiro atoms. The summed E-state index contributed by atoms with van der Waals surface area (Å²) in [5.74, 6) is -0.0910. The summed E-state index contributed by atoms with van der Waals surface area (Å²) in [4.78, 5) is 14.2. The van der Waals surface area contributed by atoms with Crippen LogP contribution in [-0.2, 0) is 4.79 Å². The fourth-order valence-electron chi connectivity index (χ4n) is 2.91. The van der Waals surface area contributed by atoms with Gasteiger partial charge in [0.2, 0.25) is 5.91 Å². The Morgan fingerprint density at radius 3 is 2.55 bits per heavy atom. The van der Waals surface area contributed by atoms with Gasteiger partial charge in [0.15, 0.2) is 0 Å². The van der Waals surface area contributed by atoms with Crippen LogP contribution >= 0.6 is 11.6 Å². The highest BCUT2D eigenvalue weighted by molar-refractivity contribution is 6.30. The Kier molecular flexibility index (Phi) is 5.44. The molecule has 0 radical (unpaired) electrons. The SMILES string of the molecule is C[C@@H](c1ccc(Cl)cc1)N(C)CC(=O)NC1(C#N)CCCC1. The van der Waals surface area contributed by atoms with E-state index in [1.807, 2.05) is 43.1 Å². The standard InChI is InChI=1S/C17H22ClN3O/c1-13(14-5-7-15(18)8-6-14)21(2)11-16(22)20-17(12-19)9-3-4-10-17/h5-8,13H,3-4,9-11H2,1-2H3,(H,20,22)/t13-/m0/s1. The van der Waals surface area contributed by atoms with Crippen molar-refractivity contribution in [3.05, 3.63) is 34.9 Å². The van der Waals surface area contributed by atoms with Gasteiger partial charge < -0.3 is 5.32 Å². The maximum atomic E-state index is 12.2. The number of hydrogen-bond acceptors (Lipinski definition) is 3. The molecule has 2 rings (SSSR count). The molecule has 0 bridgehead atoms. The van der Waals surface area contributed by atoms with Crippen molar-refractivity contribution in [1.29, 1.82) is 5.26 Å². The number of nitrogens with zero attached hydrogens (tertiary/aromatic N) is 2. The lowest BCUT2D eigenvalue weighted by Crippen LogP contribution is -2.48. The lowest BCUT2D eigenvalue weighted by Gasteiger charge is -2.27. The van der Waals surface area contributed by atoms with Crippen molar-refractivity contribution in [2.24, 2.45) is 0 Å². The average Bonchev–Trinajstić information content (AvgIpc) is 2.96. The molecule has 0 aromatic heterocycles. The summed E-state index contributed by atoms with van der Waals surface area (Å²) in [5.41, 5.74) is 0.456. The van der Waals surface area contributed by atoms with Crippen LogP contribution in [0.25, 0.3) is 0 Å². The minimum absolute atomic E-state index is 0.0910. The van der Waals surface area contributed by atoms with Gasteiger partial charge in [0.25, 0.3) is 0 Å². The summed E-state index contributed by atoms with van der Waals surface area (Å²) in [6.07, 6.45) is 3.52. The molecule has 5 heteroatoms. The number of benzene rings is 1. The molecule has 1 aliphatic rings. The van der Waals surface area contributed by atoms with Crippen molar-refractivity contribution in [3.63, 3.8) is 0 Å². The summed E-state index contributed by atoms with van der Waals surface area (Å²) in [6, 6.07) is 10.0. The van der Waals surface area contributed by atoms with Crippen LogP contribution in [0.1, 0.15) is 44.2 Å². The van der Waals surface area contributed by atoms with Gasteiger partial charge in [-0.15, -0.1) is 0 Å². The van der Waals surface area contributed by atoms with Gasteiger partial charge >= 0.3 is 0 Å². The molecule has 0 saturated heterocycles. The van der Waals surface area contributed by atoms with Crippen LogP contribution in [0.15, 0.2) is 24.3 Å². The van der Waals surface area contributed by atoms with E-state index in [1.54, 1.807) is 0 Å². The number of rotatable bonds is 5. The summed E-state index contributed by atoms with van der Waals surface area (Å²) in [7, 11) is 1.91. The van der Waals surface area contributed by atoms with Gasteiger partial charge in [-0.1, -0.05) is 23.7 Å². The Balaban J connectivity index is 1.93. The van der Waals surface area contributed by atoms with Crippen molar-refractivity contribution < 1.29 is 4.79 Å². The second-order valence-corrected chi connectivity index (χ2v) is 6.53. The lowest BCUT2D eigenvalue weighted by molar-refractivity contribution is -0.123. The Morgan fingerprint density at radius 1 is 1.41 bits per heavy atom. The third-order valence-electron chi connectivity index (χ3n) is 4.46. The summed E-state index contributed by atoms with van der Waals surface area (Å²) < 4.78 is 0. The third kappa shape index (κ3) is 4.00. The maximum absolute atomic E-state index is 12.2. The maximum Gasteiger partial charge on any atom is 0.235 e. The zero-order chi connectivity index (χ0) is 16.2. The lowest BCUT2D eigenvalue weighted by atomic mass is 10.00. The third-order valence-corrected chi connectivity index (χ3v) is 4.71. The molecule has 0 unspecified atom stereocenters. The number of likely N-dealkylation sites (N-methyl/N-ethyl adjacent to an activating group) is 1. The number of nitrogens with one attached hydrogen (secondary N) is 1. The first kappa shape index (κ1) is 16.8. The van der Waals surface area contributed by atoms with Crippen LogP contribution < -0.4 is 5.32 Å². The first-order valence-corrected chi connectivity index (χ1v) is 8.01. The van der Waals surface area contributed by atoms with Crippen molar-refractivity contribution in [2.45, 2.75) is 44.2 Å². The highest BCUT2D eigenvalue weighted by atomic mass is 35.5. The Bertz CT molecular complexity index is 558. The van der Waals surface area contributed by atoms with Crippen LogP contribution in [0, 0.1) is 11.3 Å². The van der Waals surface area contributed by atoms with E-state index in [2.05, 4.69) is 11.4 Å². The first-order valence-electron chi connectivity index (χ1n) is 7.64. The molecule has 1 atom stereocenters. The predicted octanol–water partition coefficient (Wildman–Crippen LogP) is 3.29. The Hall–Kier alpha value is -1.57. The van der Waals surface area contributed by atoms with E-state index in [9.17, 15) is 10.1 Å². The van der Waals surface area contributed by atoms with Crippen LogP contribution in [0.5, 0.6) is 0 Å². The Labute approximate surface area is 137 Å². The minimum Gasteiger partial charge on any atom is -0.337 e. The minimum atomic E-state index is -0.651. The summed E-state index contributed by atoms with van der Waals surface area (Å²) in [6.45, 7) is 2.32. The van der Waals surface area contributed by atoms with Crippen LogP contribution in [-0.4, -0.2) is 29.9 Å². The number of nitriles is 1. The molecule has 22 heavy (non-hydrogen) atoms. The van der Waals surface area contributed by atoms with Gasteiger partial charge in [0.1, 0.15) is 5.54 Å². The van der Waals surface area contributed by atoms with Gasteiger partial charge in [-0.2, -0.15) is 5.26 Å². The molecule has 0 aliphatic heterocycles. The first-order chi connectivity index (χ1) is 10.5. The molecule has 1 aromatic rings. The van der Waals surface area contributed by atoms with E-state index in [-0.39, 0.29) is 18.5 Å². The monoisotopic (exact) mass is 319 g/mol. The van der Waals surface area contributed by atoms with E-state index in [0.29, 0.717) is 5.02 Å². The molecule has 1 N–H and O–H groups in total. The van der Waals surface area contributed by atoms with Crippen molar-refractivity contribution >= 4 is 17.5 Å². The molecule has 1 fully saturated rings. The molecular formula is C17H22ClN3O. The van der Waals surface area contributed by atoms with Crippen LogP contribution in [0.3, 0.4) is 0 Å². The number of carbonyl (C=O) groups is 1. The van der Waals surface area contributed by atoms with Crippen molar-refractivity contribution in [3.8, 4) is 6.07 Å². The van der Waals surface area contributed by atoms with E-state index >= 15 is 0 Å². The van der Waals surface area contributed by atoms with Gasteiger partial charge in [0.05, 0.1) is 12.6 Å². The second kappa shape index (κ2) is 7.13. The van der Waals surface area contributed by atoms with Gasteiger partial charge in [0, 0.05) is 11.1 Å². The average molecular weight is 320 g/mol. The van der Waals surface area contributed by atoms with Crippen molar-refractivity contribution in [2.75, 3.05) is 13.6 Å². The summed E-state index contributed by atoms with van der Waals surface area (Å²) >= 11 is 5.90. The largest absolute Gasteiger partial charge is 0.337 e. The molecule has 1 saturated carbocycles. The van der Waals surface area contributed by atoms with Crippen molar-refractivity contribution in [1.82, 2.24) is 10.2 Å². The zero-order valence-electron chi connectivity index (χ0n) is 13.1. The molecule has 0 heterocycles. The number of hydrogen-bond donors (Lipinski definition) is 1. The smallest absolute Gasteiger partial charge is 0.235 e. The molecular weight excluding hydrogens is 298 g/mol. The molecule has 1 amide bonds. The topological polar surface area (TPSA) is 56.1 Å². The number of carbonyl (C=O) groups excluding carboxylic acids is 1. The summed E-state index contributed by atoms with van der Waals surface area (Å²) in [5, 5.41) is 12.9. The predicted molar refractivity (Wildman–Crippen MR) is 87.5 cm³/mol. The fraction of sp³-hybridized carbons (Fsp3) is 0.529. The fourth-order valence-corrected chi connectivity index (χ4v) is 3.03. The molecule has 118 valence electrons. The van der Waals surface area contributed by atoms with E-state index < -0.39 is 5.54 Å². The molecule has 1 aliphatic carbocycles. The second-order valence-electron chi connectivity index (χ2n) is 6.09. The normalized spacial score (nSPS) is 18.0. The van der Waals surface area contributed by atoms with E-state index in [0.717, 1.165) is 31.2 Å². The van der Waals surface area contributed by atoms with Gasteiger partial charge in [-0.25, -0.2) is 0 Å². The van der Waals surface area contributed by atoms with Gasteiger partial charge in [-0.3, -0.25) is 9.69 Å². The molecule has 4 nitrogen and oxygen atoms in total. The highest BCUT2D eigenvalue weighted by Crippen LogP contribution is 2.29. The highest BCUT2D eigenvalue weighted by Gasteiger charge is 2.35. The van der Waals surface area contributed by atoms with E-state index in [1.165, 1.54) is 0 Å². The molecule has 1 aromatic carbocycles. The van der Waals surface area contributed by atoms with Crippen LogP contribution in [0.2, 0.25) is 5.02 Å².